The van der Waals surface area contributed by atoms with Crippen LogP contribution in [0.1, 0.15) is 16.7 Å². The third-order valence-electron chi connectivity index (χ3n) is 3.99. The van der Waals surface area contributed by atoms with Crippen molar-refractivity contribution < 1.29 is 14.5 Å². The minimum Gasteiger partial charge on any atom is -0.268 e. The van der Waals surface area contributed by atoms with Crippen LogP contribution >= 0.6 is 11.8 Å². The summed E-state index contributed by atoms with van der Waals surface area (Å²) in [7, 11) is 0. The Bertz CT molecular complexity index is 936. The van der Waals surface area contributed by atoms with E-state index in [2.05, 4.69) is 0 Å². The van der Waals surface area contributed by atoms with Crippen LogP contribution in [-0.4, -0.2) is 16.1 Å². The van der Waals surface area contributed by atoms with Gasteiger partial charge in [-0.05, 0) is 54.4 Å². The van der Waals surface area contributed by atoms with Crippen LogP contribution in [0.2, 0.25) is 0 Å². The van der Waals surface area contributed by atoms with Gasteiger partial charge in [0.25, 0.3) is 16.8 Å². The fourth-order valence-electron chi connectivity index (χ4n) is 2.53. The van der Waals surface area contributed by atoms with Gasteiger partial charge in [0.1, 0.15) is 0 Å². The number of carbonyl (C=O) groups is 2. The van der Waals surface area contributed by atoms with E-state index in [9.17, 15) is 19.7 Å². The molecule has 0 atom stereocenters. The molecular formula is C18H14N2O4S. The second-order valence-corrected chi connectivity index (χ2v) is 6.58. The third-order valence-corrected chi connectivity index (χ3v) is 4.86. The molecule has 7 heteroatoms. The van der Waals surface area contributed by atoms with Crippen LogP contribution in [-0.2, 0) is 4.79 Å². The van der Waals surface area contributed by atoms with Crippen molar-refractivity contribution in [1.82, 2.24) is 0 Å². The molecule has 3 rings (SSSR count). The minimum absolute atomic E-state index is 0.0671. The van der Waals surface area contributed by atoms with Gasteiger partial charge in [-0.2, -0.15) is 0 Å². The molecule has 0 bridgehead atoms. The molecule has 25 heavy (non-hydrogen) atoms. The number of non-ortho nitro benzene ring substituents is 1. The first-order valence-electron chi connectivity index (χ1n) is 7.47. The molecule has 2 amide bonds. The van der Waals surface area contributed by atoms with Crippen LogP contribution in [0.25, 0.3) is 6.08 Å². The largest absolute Gasteiger partial charge is 0.298 e. The molecule has 0 saturated carbocycles. The van der Waals surface area contributed by atoms with Crippen molar-refractivity contribution in [2.75, 3.05) is 4.90 Å². The van der Waals surface area contributed by atoms with Crippen LogP contribution in [0.15, 0.2) is 47.4 Å². The van der Waals surface area contributed by atoms with Crippen molar-refractivity contribution >= 4 is 40.4 Å². The Morgan fingerprint density at radius 1 is 1.12 bits per heavy atom. The number of thioether (sulfide) groups is 1. The average molecular weight is 354 g/mol. The zero-order valence-corrected chi connectivity index (χ0v) is 14.4. The lowest BCUT2D eigenvalue weighted by atomic mass is 10.1. The fraction of sp³-hybridized carbons (Fsp3) is 0.111. The topological polar surface area (TPSA) is 80.5 Å². The Morgan fingerprint density at radius 2 is 1.84 bits per heavy atom. The van der Waals surface area contributed by atoms with Gasteiger partial charge in [-0.1, -0.05) is 24.3 Å². The Morgan fingerprint density at radius 3 is 2.56 bits per heavy atom. The second kappa shape index (κ2) is 6.52. The maximum atomic E-state index is 12.7. The van der Waals surface area contributed by atoms with Gasteiger partial charge in [0.2, 0.25) is 0 Å². The standard InChI is InChI=1S/C18H14N2O4S/c1-11-5-3-8-15(12(11)2)19-17(21)16(25-18(19)22)10-13-6-4-7-14(9-13)20(23)24/h3-10H,1-2H3/b16-10-. The number of hydrogen-bond donors (Lipinski definition) is 0. The van der Waals surface area contributed by atoms with E-state index < -0.39 is 10.8 Å². The van der Waals surface area contributed by atoms with Crippen LogP contribution in [0, 0.1) is 24.0 Å². The lowest BCUT2D eigenvalue weighted by molar-refractivity contribution is -0.384. The van der Waals surface area contributed by atoms with Gasteiger partial charge in [-0.3, -0.25) is 19.7 Å². The molecule has 0 N–H and O–H groups in total. The van der Waals surface area contributed by atoms with E-state index in [0.717, 1.165) is 27.8 Å². The van der Waals surface area contributed by atoms with E-state index in [-0.39, 0.29) is 15.8 Å². The first-order chi connectivity index (χ1) is 11.9. The number of nitro benzene ring substituents is 1. The summed E-state index contributed by atoms with van der Waals surface area (Å²) in [5.74, 6) is -0.421. The lowest BCUT2D eigenvalue weighted by Gasteiger charge is -2.16. The molecule has 0 aliphatic carbocycles. The van der Waals surface area contributed by atoms with Gasteiger partial charge in [0, 0.05) is 12.1 Å². The first kappa shape index (κ1) is 16.9. The average Bonchev–Trinajstić information content (AvgIpc) is 2.84. The van der Waals surface area contributed by atoms with E-state index in [1.807, 2.05) is 19.9 Å². The number of benzene rings is 2. The molecule has 2 aromatic rings. The predicted octanol–water partition coefficient (Wildman–Crippen LogP) is 4.45. The van der Waals surface area contributed by atoms with Crippen molar-refractivity contribution in [1.29, 1.82) is 0 Å². The Kier molecular flexibility index (Phi) is 4.41. The molecule has 0 radical (unpaired) electrons. The maximum absolute atomic E-state index is 12.7. The van der Waals surface area contributed by atoms with Crippen molar-refractivity contribution in [2.24, 2.45) is 0 Å². The highest BCUT2D eigenvalue weighted by molar-refractivity contribution is 8.19. The van der Waals surface area contributed by atoms with E-state index in [1.54, 1.807) is 24.3 Å². The zero-order chi connectivity index (χ0) is 18.1. The molecule has 1 fully saturated rings. The summed E-state index contributed by atoms with van der Waals surface area (Å²) >= 11 is 0.829. The summed E-state index contributed by atoms with van der Waals surface area (Å²) in [6.45, 7) is 3.77. The molecule has 0 aromatic heterocycles. The monoisotopic (exact) mass is 354 g/mol. The summed E-state index contributed by atoms with van der Waals surface area (Å²) in [5.41, 5.74) is 2.84. The number of imide groups is 1. The SMILES string of the molecule is Cc1cccc(N2C(=O)S/C(=C\c3cccc([N+](=O)[O-])c3)C2=O)c1C. The van der Waals surface area contributed by atoms with Gasteiger partial charge in [0.05, 0.1) is 15.5 Å². The molecule has 126 valence electrons. The highest BCUT2D eigenvalue weighted by Gasteiger charge is 2.37. The lowest BCUT2D eigenvalue weighted by Crippen LogP contribution is -2.28. The highest BCUT2D eigenvalue weighted by atomic mass is 32.2. The molecule has 1 aliphatic heterocycles. The first-order valence-corrected chi connectivity index (χ1v) is 8.29. The molecule has 1 heterocycles. The van der Waals surface area contributed by atoms with Crippen LogP contribution in [0.4, 0.5) is 16.2 Å². The van der Waals surface area contributed by atoms with E-state index in [0.29, 0.717) is 11.3 Å². The molecule has 1 aliphatic rings. The minimum atomic E-state index is -0.501. The molecule has 2 aromatic carbocycles. The van der Waals surface area contributed by atoms with Crippen LogP contribution in [0.3, 0.4) is 0 Å². The van der Waals surface area contributed by atoms with Gasteiger partial charge < -0.3 is 0 Å². The fourth-order valence-corrected chi connectivity index (χ4v) is 3.37. The summed E-state index contributed by atoms with van der Waals surface area (Å²) in [5, 5.41) is 10.5. The summed E-state index contributed by atoms with van der Waals surface area (Å²) in [4.78, 5) is 36.8. The molecule has 6 nitrogen and oxygen atoms in total. The number of anilines is 1. The Hall–Kier alpha value is -2.93. The quantitative estimate of drug-likeness (QED) is 0.462. The second-order valence-electron chi connectivity index (χ2n) is 5.59. The van der Waals surface area contributed by atoms with Gasteiger partial charge in [-0.15, -0.1) is 0 Å². The van der Waals surface area contributed by atoms with Crippen LogP contribution < -0.4 is 4.90 Å². The number of hydrogen-bond acceptors (Lipinski definition) is 5. The van der Waals surface area contributed by atoms with Gasteiger partial charge >= 0.3 is 0 Å². The normalized spacial score (nSPS) is 15.9. The van der Waals surface area contributed by atoms with Crippen molar-refractivity contribution in [2.45, 2.75) is 13.8 Å². The summed E-state index contributed by atoms with van der Waals surface area (Å²) in [6.07, 6.45) is 1.50. The number of nitrogens with zero attached hydrogens (tertiary/aromatic N) is 2. The maximum Gasteiger partial charge on any atom is 0.298 e. The molecule has 0 spiro atoms. The molecular weight excluding hydrogens is 340 g/mol. The number of amides is 2. The van der Waals surface area contributed by atoms with Crippen molar-refractivity contribution in [3.05, 3.63) is 74.2 Å². The third kappa shape index (κ3) is 3.18. The smallest absolute Gasteiger partial charge is 0.268 e. The summed E-state index contributed by atoms with van der Waals surface area (Å²) in [6, 6.07) is 11.4. The number of aryl methyl sites for hydroxylation is 1. The number of carbonyl (C=O) groups excluding carboxylic acids is 2. The van der Waals surface area contributed by atoms with Crippen molar-refractivity contribution in [3.63, 3.8) is 0 Å². The van der Waals surface area contributed by atoms with Gasteiger partial charge in [0.15, 0.2) is 0 Å². The number of nitro groups is 1. The predicted molar refractivity (Wildman–Crippen MR) is 97.5 cm³/mol. The van der Waals surface area contributed by atoms with E-state index in [4.69, 9.17) is 0 Å². The van der Waals surface area contributed by atoms with E-state index in [1.165, 1.54) is 18.2 Å². The Balaban J connectivity index is 1.97. The number of rotatable bonds is 3. The Labute approximate surface area is 148 Å². The van der Waals surface area contributed by atoms with Gasteiger partial charge in [-0.25, -0.2) is 4.90 Å². The molecule has 0 unspecified atom stereocenters. The van der Waals surface area contributed by atoms with E-state index >= 15 is 0 Å². The van der Waals surface area contributed by atoms with Crippen LogP contribution in [0.5, 0.6) is 0 Å². The van der Waals surface area contributed by atoms with Crippen molar-refractivity contribution in [3.8, 4) is 0 Å². The zero-order valence-electron chi connectivity index (χ0n) is 13.6. The highest BCUT2D eigenvalue weighted by Crippen LogP contribution is 2.37. The summed E-state index contributed by atoms with van der Waals surface area (Å²) < 4.78 is 0. The molecule has 1 saturated heterocycles.